The van der Waals surface area contributed by atoms with Crippen LogP contribution in [0.25, 0.3) is 0 Å². The smallest absolute Gasteiger partial charge is 0.292 e. The third kappa shape index (κ3) is 3.67. The number of nitro groups is 1. The Labute approximate surface area is 111 Å². The van der Waals surface area contributed by atoms with Gasteiger partial charge in [-0.25, -0.2) is 0 Å². The monoisotopic (exact) mass is 263 g/mol. The topological polar surface area (TPSA) is 84.3 Å². The van der Waals surface area contributed by atoms with Gasteiger partial charge in [0.15, 0.2) is 0 Å². The van der Waals surface area contributed by atoms with Gasteiger partial charge in [-0.2, -0.15) is 0 Å². The molecule has 1 aromatic rings. The summed E-state index contributed by atoms with van der Waals surface area (Å²) in [6, 6.07) is 4.93. The second-order valence-electron chi connectivity index (χ2n) is 4.77. The molecule has 1 amide bonds. The molecule has 1 aliphatic carbocycles. The molecule has 0 spiro atoms. The lowest BCUT2D eigenvalue weighted by Gasteiger charge is -2.09. The van der Waals surface area contributed by atoms with Crippen LogP contribution in [0.3, 0.4) is 0 Å². The number of hydrogen-bond donors (Lipinski definition) is 2. The minimum absolute atomic E-state index is 0.0547. The van der Waals surface area contributed by atoms with Crippen LogP contribution in [0.15, 0.2) is 18.2 Å². The minimum Gasteiger partial charge on any atom is -0.378 e. The van der Waals surface area contributed by atoms with Gasteiger partial charge in [0, 0.05) is 25.1 Å². The normalized spacial score (nSPS) is 13.9. The largest absolute Gasteiger partial charge is 0.378 e. The van der Waals surface area contributed by atoms with Crippen molar-refractivity contribution < 1.29 is 9.72 Å². The zero-order valence-corrected chi connectivity index (χ0v) is 10.8. The van der Waals surface area contributed by atoms with E-state index in [0.29, 0.717) is 18.8 Å². The summed E-state index contributed by atoms with van der Waals surface area (Å²) in [4.78, 5) is 21.9. The second-order valence-corrected chi connectivity index (χ2v) is 4.77. The first-order chi connectivity index (χ1) is 9.08. The highest BCUT2D eigenvalue weighted by Gasteiger charge is 2.28. The zero-order valence-electron chi connectivity index (χ0n) is 10.8. The molecule has 2 rings (SSSR count). The zero-order chi connectivity index (χ0) is 13.8. The van der Waals surface area contributed by atoms with Gasteiger partial charge in [0.05, 0.1) is 4.92 Å². The van der Waals surface area contributed by atoms with Gasteiger partial charge in [-0.15, -0.1) is 0 Å². The number of amides is 1. The Morgan fingerprint density at radius 3 is 2.79 bits per heavy atom. The number of nitrogens with zero attached hydrogens (tertiary/aromatic N) is 1. The molecule has 0 unspecified atom stereocenters. The van der Waals surface area contributed by atoms with E-state index in [1.54, 1.807) is 12.1 Å². The van der Waals surface area contributed by atoms with E-state index in [1.165, 1.54) is 6.07 Å². The molecule has 1 aromatic carbocycles. The third-order valence-corrected chi connectivity index (χ3v) is 3.04. The number of aryl methyl sites for hydroxylation is 1. The standard InChI is InChI=1S/C13H17N3O3/c1-9-2-5-12(16(18)19)11(8-9)14-6-7-15-13(17)10-3-4-10/h2,5,8,10,14H,3-4,6-7H2,1H3,(H,15,17). The van der Waals surface area contributed by atoms with Crippen molar-refractivity contribution in [1.82, 2.24) is 5.32 Å². The number of rotatable bonds is 6. The molecule has 102 valence electrons. The Bertz CT molecular complexity index is 498. The molecule has 0 heterocycles. The molecule has 6 heteroatoms. The predicted molar refractivity (Wildman–Crippen MR) is 72.1 cm³/mol. The number of benzene rings is 1. The second kappa shape index (κ2) is 5.69. The molecule has 0 aromatic heterocycles. The molecular formula is C13H17N3O3. The van der Waals surface area contributed by atoms with Crippen LogP contribution in [-0.2, 0) is 4.79 Å². The Kier molecular flexibility index (Phi) is 3.99. The number of anilines is 1. The SMILES string of the molecule is Cc1ccc([N+](=O)[O-])c(NCCNC(=O)C2CC2)c1. The molecule has 0 radical (unpaired) electrons. The molecule has 1 aliphatic rings. The van der Waals surface area contributed by atoms with Crippen LogP contribution in [0, 0.1) is 23.0 Å². The van der Waals surface area contributed by atoms with E-state index in [2.05, 4.69) is 10.6 Å². The van der Waals surface area contributed by atoms with E-state index in [4.69, 9.17) is 0 Å². The number of carbonyl (C=O) groups excluding carboxylic acids is 1. The van der Waals surface area contributed by atoms with E-state index >= 15 is 0 Å². The quantitative estimate of drug-likeness (QED) is 0.466. The molecule has 6 nitrogen and oxygen atoms in total. The van der Waals surface area contributed by atoms with Gasteiger partial charge in [-0.3, -0.25) is 14.9 Å². The molecule has 1 saturated carbocycles. The molecule has 2 N–H and O–H groups in total. The highest BCUT2D eigenvalue weighted by Crippen LogP contribution is 2.28. The molecule has 19 heavy (non-hydrogen) atoms. The van der Waals surface area contributed by atoms with Crippen LogP contribution in [0.5, 0.6) is 0 Å². The molecule has 0 atom stereocenters. The molecule has 0 saturated heterocycles. The first-order valence-electron chi connectivity index (χ1n) is 6.34. The average Bonchev–Trinajstić information content (AvgIpc) is 3.18. The summed E-state index contributed by atoms with van der Waals surface area (Å²) in [5.41, 5.74) is 1.50. The fraction of sp³-hybridized carbons (Fsp3) is 0.462. The van der Waals surface area contributed by atoms with Crippen molar-refractivity contribution in [3.63, 3.8) is 0 Å². The summed E-state index contributed by atoms with van der Waals surface area (Å²) in [5, 5.41) is 16.7. The van der Waals surface area contributed by atoms with E-state index in [0.717, 1.165) is 18.4 Å². The van der Waals surface area contributed by atoms with E-state index < -0.39 is 4.92 Å². The van der Waals surface area contributed by atoms with Crippen LogP contribution in [-0.4, -0.2) is 23.9 Å². The Morgan fingerprint density at radius 2 is 2.16 bits per heavy atom. The third-order valence-electron chi connectivity index (χ3n) is 3.04. The maximum atomic E-state index is 11.4. The summed E-state index contributed by atoms with van der Waals surface area (Å²) in [6.45, 7) is 2.83. The molecule has 0 aliphatic heterocycles. The van der Waals surface area contributed by atoms with Gasteiger partial charge >= 0.3 is 0 Å². The molecule has 0 bridgehead atoms. The van der Waals surface area contributed by atoms with E-state index in [-0.39, 0.29) is 17.5 Å². The van der Waals surface area contributed by atoms with Crippen LogP contribution in [0.2, 0.25) is 0 Å². The Morgan fingerprint density at radius 1 is 1.42 bits per heavy atom. The highest BCUT2D eigenvalue weighted by atomic mass is 16.6. The highest BCUT2D eigenvalue weighted by molar-refractivity contribution is 5.80. The van der Waals surface area contributed by atoms with Gasteiger partial charge < -0.3 is 10.6 Å². The van der Waals surface area contributed by atoms with Crippen molar-refractivity contribution in [2.24, 2.45) is 5.92 Å². The van der Waals surface area contributed by atoms with Crippen molar-refractivity contribution in [2.75, 3.05) is 18.4 Å². The van der Waals surface area contributed by atoms with E-state index in [9.17, 15) is 14.9 Å². The predicted octanol–water partition coefficient (Wildman–Crippen LogP) is 1.84. The summed E-state index contributed by atoms with van der Waals surface area (Å²) >= 11 is 0. The van der Waals surface area contributed by atoms with Gasteiger partial charge in [-0.05, 0) is 31.4 Å². The summed E-state index contributed by atoms with van der Waals surface area (Å²) < 4.78 is 0. The number of nitrogens with one attached hydrogen (secondary N) is 2. The fourth-order valence-electron chi connectivity index (χ4n) is 1.82. The van der Waals surface area contributed by atoms with Crippen LogP contribution >= 0.6 is 0 Å². The lowest BCUT2D eigenvalue weighted by Crippen LogP contribution is -2.29. The van der Waals surface area contributed by atoms with Crippen LogP contribution < -0.4 is 10.6 Å². The van der Waals surface area contributed by atoms with Crippen LogP contribution in [0.1, 0.15) is 18.4 Å². The van der Waals surface area contributed by atoms with E-state index in [1.807, 2.05) is 6.92 Å². The maximum Gasteiger partial charge on any atom is 0.292 e. The first kappa shape index (κ1) is 13.3. The van der Waals surface area contributed by atoms with Crippen LogP contribution in [0.4, 0.5) is 11.4 Å². The lowest BCUT2D eigenvalue weighted by atomic mass is 10.2. The lowest BCUT2D eigenvalue weighted by molar-refractivity contribution is -0.384. The van der Waals surface area contributed by atoms with Gasteiger partial charge in [0.2, 0.25) is 5.91 Å². The molecular weight excluding hydrogens is 246 g/mol. The van der Waals surface area contributed by atoms with Crippen molar-refractivity contribution in [2.45, 2.75) is 19.8 Å². The molecule has 1 fully saturated rings. The van der Waals surface area contributed by atoms with Gasteiger partial charge in [-0.1, -0.05) is 6.07 Å². The summed E-state index contributed by atoms with van der Waals surface area (Å²) in [7, 11) is 0. The average molecular weight is 263 g/mol. The maximum absolute atomic E-state index is 11.4. The Hall–Kier alpha value is -2.11. The number of carbonyl (C=O) groups is 1. The van der Waals surface area contributed by atoms with Crippen molar-refractivity contribution in [3.8, 4) is 0 Å². The van der Waals surface area contributed by atoms with Gasteiger partial charge in [0.1, 0.15) is 5.69 Å². The Balaban J connectivity index is 1.85. The summed E-state index contributed by atoms with van der Waals surface area (Å²) in [5.74, 6) is 0.272. The number of nitro benzene ring substituents is 1. The fourth-order valence-corrected chi connectivity index (χ4v) is 1.82. The number of hydrogen-bond acceptors (Lipinski definition) is 4. The minimum atomic E-state index is -0.412. The summed E-state index contributed by atoms with van der Waals surface area (Å²) in [6.07, 6.45) is 1.95. The van der Waals surface area contributed by atoms with Gasteiger partial charge in [0.25, 0.3) is 5.69 Å². The first-order valence-corrected chi connectivity index (χ1v) is 6.34. The van der Waals surface area contributed by atoms with Crippen molar-refractivity contribution in [1.29, 1.82) is 0 Å². The van der Waals surface area contributed by atoms with Crippen molar-refractivity contribution in [3.05, 3.63) is 33.9 Å². The van der Waals surface area contributed by atoms with Crippen molar-refractivity contribution >= 4 is 17.3 Å².